The van der Waals surface area contributed by atoms with Crippen LogP contribution in [-0.4, -0.2) is 59.9 Å². The Bertz CT molecular complexity index is 1420. The van der Waals surface area contributed by atoms with Crippen LogP contribution in [0.5, 0.6) is 0 Å². The highest BCUT2D eigenvalue weighted by Crippen LogP contribution is 2.42. The molecule has 0 spiro atoms. The summed E-state index contributed by atoms with van der Waals surface area (Å²) < 4.78 is 3.04. The molecule has 228 valence electrons. The van der Waals surface area contributed by atoms with E-state index in [1.54, 1.807) is 14.1 Å². The third-order valence-electron chi connectivity index (χ3n) is 5.23. The summed E-state index contributed by atoms with van der Waals surface area (Å²) >= 11 is 11.6. The van der Waals surface area contributed by atoms with Gasteiger partial charge in [0, 0.05) is 41.8 Å². The first kappa shape index (κ1) is 39.7. The molecule has 42 heavy (non-hydrogen) atoms. The van der Waals surface area contributed by atoms with Gasteiger partial charge < -0.3 is 30.6 Å². The van der Waals surface area contributed by atoms with Crippen molar-refractivity contribution in [3.63, 3.8) is 0 Å². The summed E-state index contributed by atoms with van der Waals surface area (Å²) in [5.74, 6) is -3.27. The topological polar surface area (TPSA) is 173 Å². The van der Waals surface area contributed by atoms with Crippen molar-refractivity contribution in [2.24, 2.45) is 0 Å². The van der Waals surface area contributed by atoms with Gasteiger partial charge in [-0.1, -0.05) is 0 Å². The van der Waals surface area contributed by atoms with E-state index in [0.29, 0.717) is 44.2 Å². The van der Waals surface area contributed by atoms with Crippen LogP contribution < -0.4 is 20.4 Å². The standard InChI is InChI=1S/C13H13I3N2O4.C11H9I3N2O4/c1-5(19)17(3)11-8(14)7(13(21)22)9(15)12(10(11)16)18(4)6(2)20;1-3(17)15-9-6(12)5(11(19)20)7(13)10(8(9)14)16-4(2)18/h1-4H3,(H,21,22);1-2H3,(H,15,17)(H,16,18)(H,19,20). The van der Waals surface area contributed by atoms with E-state index in [2.05, 4.69) is 10.6 Å². The minimum atomic E-state index is -1.12. The molecule has 0 aliphatic carbocycles. The number of carboxylic acid groups (broad SMARTS) is 2. The molecule has 4 N–H and O–H groups in total. The molecule has 18 heteroatoms. The maximum absolute atomic E-state index is 11.7. The highest BCUT2D eigenvalue weighted by atomic mass is 127. The maximum Gasteiger partial charge on any atom is 0.338 e. The number of anilines is 4. The molecule has 12 nitrogen and oxygen atoms in total. The van der Waals surface area contributed by atoms with E-state index < -0.39 is 11.9 Å². The zero-order valence-electron chi connectivity index (χ0n) is 22.5. The van der Waals surface area contributed by atoms with Gasteiger partial charge in [-0.05, 0) is 136 Å². The number of benzene rings is 2. The van der Waals surface area contributed by atoms with Gasteiger partial charge in [-0.25, -0.2) is 9.59 Å². The highest BCUT2D eigenvalue weighted by molar-refractivity contribution is 14.1. The number of hydrogen-bond donors (Lipinski definition) is 4. The Labute approximate surface area is 323 Å². The minimum absolute atomic E-state index is 0.0547. The average molecular weight is 1260 g/mol. The monoisotopic (exact) mass is 1260 g/mol. The number of carbonyl (C=O) groups excluding carboxylic acids is 4. The van der Waals surface area contributed by atoms with Crippen molar-refractivity contribution in [2.75, 3.05) is 34.5 Å². The summed E-state index contributed by atoms with van der Waals surface area (Å²) in [6.45, 7) is 5.48. The smallest absolute Gasteiger partial charge is 0.338 e. The molecule has 0 aliphatic rings. The largest absolute Gasteiger partial charge is 0.478 e. The molecule has 2 aromatic rings. The molecule has 0 bridgehead atoms. The number of rotatable bonds is 6. The van der Waals surface area contributed by atoms with E-state index in [4.69, 9.17) is 0 Å². The van der Waals surface area contributed by atoms with Gasteiger partial charge in [0.05, 0.1) is 55.3 Å². The van der Waals surface area contributed by atoms with Crippen LogP contribution in [0.15, 0.2) is 0 Å². The van der Waals surface area contributed by atoms with Crippen LogP contribution in [0.4, 0.5) is 22.7 Å². The van der Waals surface area contributed by atoms with E-state index in [1.807, 2.05) is 136 Å². The predicted molar refractivity (Wildman–Crippen MR) is 210 cm³/mol. The number of aromatic carboxylic acids is 2. The fourth-order valence-corrected chi connectivity index (χ4v) is 12.4. The second-order valence-corrected chi connectivity index (χ2v) is 14.7. The summed E-state index contributed by atoms with van der Waals surface area (Å²) in [7, 11) is 3.16. The number of nitrogens with one attached hydrogen (secondary N) is 2. The van der Waals surface area contributed by atoms with Crippen LogP contribution in [-0.2, 0) is 19.2 Å². The fourth-order valence-electron chi connectivity index (χ4n) is 3.15. The third-order valence-corrected chi connectivity index (χ3v) is 11.6. The predicted octanol–water partition coefficient (Wildman–Crippen LogP) is 6.28. The lowest BCUT2D eigenvalue weighted by atomic mass is 10.1. The minimum Gasteiger partial charge on any atom is -0.478 e. The van der Waals surface area contributed by atoms with Gasteiger partial charge in [-0.3, -0.25) is 19.2 Å². The van der Waals surface area contributed by atoms with E-state index in [9.17, 15) is 39.0 Å². The summed E-state index contributed by atoms with van der Waals surface area (Å²) in [5.41, 5.74) is 1.91. The van der Waals surface area contributed by atoms with Gasteiger partial charge in [0.1, 0.15) is 0 Å². The van der Waals surface area contributed by atoms with Crippen molar-refractivity contribution >= 4 is 194 Å². The summed E-state index contributed by atoms with van der Waals surface area (Å²) in [5, 5.41) is 24.0. The van der Waals surface area contributed by atoms with Crippen molar-refractivity contribution in [2.45, 2.75) is 27.7 Å². The molecular weight excluding hydrogens is 1230 g/mol. The zero-order valence-corrected chi connectivity index (χ0v) is 35.5. The molecule has 0 aromatic heterocycles. The molecule has 0 unspecified atom stereocenters. The van der Waals surface area contributed by atoms with E-state index in [1.165, 1.54) is 37.5 Å². The normalized spacial score (nSPS) is 10.2. The lowest BCUT2D eigenvalue weighted by Crippen LogP contribution is -2.30. The average Bonchev–Trinajstić information content (AvgIpc) is 2.83. The van der Waals surface area contributed by atoms with Crippen LogP contribution in [0, 0.1) is 21.4 Å². The summed E-state index contributed by atoms with van der Waals surface area (Å²) in [6.07, 6.45) is 0. The Balaban J connectivity index is 0.000000422. The Kier molecular flexibility index (Phi) is 15.9. The van der Waals surface area contributed by atoms with Crippen molar-refractivity contribution in [1.29, 1.82) is 0 Å². The van der Waals surface area contributed by atoms with Gasteiger partial charge >= 0.3 is 11.9 Å². The van der Waals surface area contributed by atoms with Crippen LogP contribution >= 0.6 is 136 Å². The van der Waals surface area contributed by atoms with Crippen LogP contribution in [0.2, 0.25) is 0 Å². The molecule has 0 fully saturated rings. The van der Waals surface area contributed by atoms with Crippen molar-refractivity contribution in [1.82, 2.24) is 0 Å². The Morgan fingerprint density at radius 2 is 0.810 bits per heavy atom. The number of hydrogen-bond acceptors (Lipinski definition) is 6. The molecule has 4 amide bonds. The molecule has 2 aromatic carbocycles. The van der Waals surface area contributed by atoms with Crippen molar-refractivity contribution < 1.29 is 39.0 Å². The van der Waals surface area contributed by atoms with E-state index >= 15 is 0 Å². The Morgan fingerprint density at radius 3 is 1.05 bits per heavy atom. The number of amides is 4. The first-order valence-electron chi connectivity index (χ1n) is 11.1. The van der Waals surface area contributed by atoms with Gasteiger partial charge in [0.15, 0.2) is 0 Å². The lowest BCUT2D eigenvalue weighted by Gasteiger charge is -2.27. The Hall–Kier alpha value is -0.360. The second kappa shape index (κ2) is 16.8. The second-order valence-electron chi connectivity index (χ2n) is 8.21. The molecule has 0 radical (unpaired) electrons. The van der Waals surface area contributed by atoms with Crippen molar-refractivity contribution in [3.05, 3.63) is 32.5 Å². The SMILES string of the molecule is CC(=O)N(C)c1c(I)c(C(=O)O)c(I)c(N(C)C(C)=O)c1I.CC(=O)Nc1c(I)c(NC(C)=O)c(I)c(C(=O)O)c1I. The van der Waals surface area contributed by atoms with E-state index in [0.717, 1.165) is 0 Å². The molecule has 0 atom stereocenters. The first-order valence-corrected chi connectivity index (χ1v) is 17.6. The highest BCUT2D eigenvalue weighted by Gasteiger charge is 2.29. The van der Waals surface area contributed by atoms with Crippen LogP contribution in [0.25, 0.3) is 0 Å². The maximum atomic E-state index is 11.7. The van der Waals surface area contributed by atoms with Gasteiger partial charge in [0.2, 0.25) is 23.6 Å². The van der Waals surface area contributed by atoms with Gasteiger partial charge in [-0.2, -0.15) is 0 Å². The van der Waals surface area contributed by atoms with Gasteiger partial charge in [-0.15, -0.1) is 0 Å². The molecule has 0 heterocycles. The van der Waals surface area contributed by atoms with Crippen LogP contribution in [0.1, 0.15) is 48.4 Å². The molecular formula is C24H22I6N4O8. The zero-order chi connectivity index (χ0) is 33.0. The third kappa shape index (κ3) is 9.33. The fraction of sp³-hybridized carbons (Fsp3) is 0.250. The Morgan fingerprint density at radius 1 is 0.524 bits per heavy atom. The summed E-state index contributed by atoms with van der Waals surface area (Å²) in [4.78, 5) is 71.8. The lowest BCUT2D eigenvalue weighted by molar-refractivity contribution is -0.117. The molecule has 2 rings (SSSR count). The van der Waals surface area contributed by atoms with Crippen LogP contribution in [0.3, 0.4) is 0 Å². The van der Waals surface area contributed by atoms with Crippen molar-refractivity contribution in [3.8, 4) is 0 Å². The number of carboxylic acids is 2. The first-order chi connectivity index (χ1) is 19.2. The molecule has 0 aliphatic heterocycles. The quantitative estimate of drug-likeness (QED) is 0.245. The molecule has 0 saturated heterocycles. The number of nitrogens with zero attached hydrogens (tertiary/aromatic N) is 2. The number of carbonyl (C=O) groups is 6. The van der Waals surface area contributed by atoms with Gasteiger partial charge in [0.25, 0.3) is 0 Å². The summed E-state index contributed by atoms with van der Waals surface area (Å²) in [6, 6.07) is 0. The molecule has 0 saturated carbocycles. The number of halogens is 6. The van der Waals surface area contributed by atoms with E-state index in [-0.39, 0.29) is 34.8 Å².